The van der Waals surface area contributed by atoms with Gasteiger partial charge in [-0.05, 0) is 68.5 Å². The van der Waals surface area contributed by atoms with Crippen molar-refractivity contribution in [1.82, 2.24) is 9.97 Å². The maximum absolute atomic E-state index is 12.8. The molecule has 0 bridgehead atoms. The number of hydrogen-bond acceptors (Lipinski definition) is 6. The molecule has 2 fully saturated rings. The van der Waals surface area contributed by atoms with Crippen molar-refractivity contribution in [2.75, 3.05) is 18.0 Å². The van der Waals surface area contributed by atoms with E-state index in [-0.39, 0.29) is 17.4 Å². The molecule has 0 radical (unpaired) electrons. The van der Waals surface area contributed by atoms with E-state index < -0.39 is 0 Å². The molecule has 146 valence electrons. The van der Waals surface area contributed by atoms with E-state index >= 15 is 0 Å². The number of thiophene rings is 1. The average Bonchev–Trinajstić information content (AvgIpc) is 2.98. The van der Waals surface area contributed by atoms with Crippen molar-refractivity contribution in [3.63, 3.8) is 0 Å². The molecule has 1 aliphatic carbocycles. The quantitative estimate of drug-likeness (QED) is 0.505. The number of nitrogens with zero attached hydrogens (tertiary/aromatic N) is 3. The number of ether oxygens (including phenoxy) is 1. The van der Waals surface area contributed by atoms with Crippen molar-refractivity contribution in [1.29, 1.82) is 0 Å². The van der Waals surface area contributed by atoms with E-state index in [1.807, 2.05) is 6.92 Å². The Morgan fingerprint density at radius 3 is 2.70 bits per heavy atom. The number of carbonyl (C=O) groups excluding carboxylic acids is 1. The Bertz CT molecular complexity index is 847. The molecule has 4 rings (SSSR count). The molecule has 1 aliphatic heterocycles. The van der Waals surface area contributed by atoms with Crippen LogP contribution < -0.4 is 4.90 Å². The van der Waals surface area contributed by atoms with Crippen LogP contribution in [-0.2, 0) is 4.74 Å². The molecular formula is C20H26ClN3O2S. The minimum atomic E-state index is -0.225. The molecule has 7 heteroatoms. The highest BCUT2D eigenvalue weighted by atomic mass is 35.5. The normalized spacial score (nSPS) is 21.6. The lowest BCUT2D eigenvalue weighted by Gasteiger charge is -2.32. The maximum atomic E-state index is 12.8. The van der Waals surface area contributed by atoms with Crippen LogP contribution in [0.15, 0.2) is 0 Å². The zero-order valence-electron chi connectivity index (χ0n) is 16.0. The molecule has 0 amide bonds. The van der Waals surface area contributed by atoms with Gasteiger partial charge < -0.3 is 9.64 Å². The first kappa shape index (κ1) is 18.9. The number of aromatic nitrogens is 2. The third-order valence-corrected chi connectivity index (χ3v) is 7.05. The van der Waals surface area contributed by atoms with E-state index in [0.717, 1.165) is 66.8 Å². The second-order valence-corrected chi connectivity index (χ2v) is 9.25. The highest BCUT2D eigenvalue weighted by Crippen LogP contribution is 2.38. The average molecular weight is 408 g/mol. The molecule has 1 atom stereocenters. The van der Waals surface area contributed by atoms with Gasteiger partial charge >= 0.3 is 5.97 Å². The topological polar surface area (TPSA) is 55.3 Å². The van der Waals surface area contributed by atoms with Gasteiger partial charge in [-0.2, -0.15) is 4.98 Å². The summed E-state index contributed by atoms with van der Waals surface area (Å²) < 4.78 is 5.80. The van der Waals surface area contributed by atoms with Gasteiger partial charge in [0.05, 0.1) is 5.39 Å². The Morgan fingerprint density at radius 2 is 1.96 bits per heavy atom. The molecule has 27 heavy (non-hydrogen) atoms. The molecule has 0 N–H and O–H groups in total. The van der Waals surface area contributed by atoms with Crippen LogP contribution in [0.3, 0.4) is 0 Å². The SMILES string of the molecule is Cc1c(C(=O)OC2CCCCC2)sc2nc(Cl)nc(N3CCCC(C)C3)c12. The molecule has 3 heterocycles. The van der Waals surface area contributed by atoms with Gasteiger partial charge in [0.1, 0.15) is 21.6 Å². The van der Waals surface area contributed by atoms with E-state index in [0.29, 0.717) is 10.8 Å². The smallest absolute Gasteiger partial charge is 0.348 e. The first-order valence-electron chi connectivity index (χ1n) is 9.95. The summed E-state index contributed by atoms with van der Waals surface area (Å²) in [5.41, 5.74) is 0.917. The number of fused-ring (bicyclic) bond motifs is 1. The van der Waals surface area contributed by atoms with Crippen LogP contribution in [-0.4, -0.2) is 35.1 Å². The molecule has 1 saturated heterocycles. The number of hydrogen-bond donors (Lipinski definition) is 0. The van der Waals surface area contributed by atoms with Crippen LogP contribution in [0.1, 0.15) is 67.1 Å². The number of halogens is 1. The third-order valence-electron chi connectivity index (χ3n) is 5.71. The zero-order valence-corrected chi connectivity index (χ0v) is 17.5. The summed E-state index contributed by atoms with van der Waals surface area (Å²) in [5, 5.41) is 1.19. The molecule has 2 aliphatic rings. The standard InChI is InChI=1S/C20H26ClN3O2S/c1-12-7-6-10-24(11-12)17-15-13(2)16(27-18(15)23-20(21)22-17)19(25)26-14-8-4-3-5-9-14/h12,14H,3-11H2,1-2H3. The Labute approximate surface area is 169 Å². The van der Waals surface area contributed by atoms with Crippen molar-refractivity contribution in [3.05, 3.63) is 15.7 Å². The van der Waals surface area contributed by atoms with Gasteiger partial charge in [-0.1, -0.05) is 13.3 Å². The van der Waals surface area contributed by atoms with Gasteiger partial charge in [-0.25, -0.2) is 9.78 Å². The molecule has 2 aromatic rings. The largest absolute Gasteiger partial charge is 0.458 e. The molecular weight excluding hydrogens is 382 g/mol. The first-order chi connectivity index (χ1) is 13.0. The van der Waals surface area contributed by atoms with E-state index in [1.54, 1.807) is 0 Å². The molecule has 2 aromatic heterocycles. The molecule has 0 spiro atoms. The summed E-state index contributed by atoms with van der Waals surface area (Å²) in [5.74, 6) is 1.26. The van der Waals surface area contributed by atoms with Crippen molar-refractivity contribution < 1.29 is 9.53 Å². The molecule has 1 saturated carbocycles. The Kier molecular flexibility index (Phi) is 5.55. The summed E-state index contributed by atoms with van der Waals surface area (Å²) in [6, 6.07) is 0. The number of rotatable bonds is 3. The van der Waals surface area contributed by atoms with Crippen molar-refractivity contribution in [2.45, 2.75) is 64.9 Å². The predicted octanol–water partition coefficient (Wildman–Crippen LogP) is 5.38. The summed E-state index contributed by atoms with van der Waals surface area (Å²) in [6.07, 6.45) is 7.89. The van der Waals surface area contributed by atoms with E-state index in [2.05, 4.69) is 21.8 Å². The number of carbonyl (C=O) groups is 1. The second kappa shape index (κ2) is 7.92. The van der Waals surface area contributed by atoms with Gasteiger partial charge in [-0.15, -0.1) is 11.3 Å². The minimum Gasteiger partial charge on any atom is -0.458 e. The third kappa shape index (κ3) is 3.92. The number of esters is 1. The van der Waals surface area contributed by atoms with E-state index in [1.165, 1.54) is 24.2 Å². The van der Waals surface area contributed by atoms with Crippen LogP contribution >= 0.6 is 22.9 Å². The highest BCUT2D eigenvalue weighted by Gasteiger charge is 2.27. The predicted molar refractivity (Wildman–Crippen MR) is 110 cm³/mol. The molecule has 0 aromatic carbocycles. The first-order valence-corrected chi connectivity index (χ1v) is 11.1. The van der Waals surface area contributed by atoms with Crippen LogP contribution in [0, 0.1) is 12.8 Å². The maximum Gasteiger partial charge on any atom is 0.348 e. The van der Waals surface area contributed by atoms with Crippen LogP contribution in [0.2, 0.25) is 5.28 Å². The lowest BCUT2D eigenvalue weighted by atomic mass is 9.98. The Morgan fingerprint density at radius 1 is 1.19 bits per heavy atom. The lowest BCUT2D eigenvalue weighted by molar-refractivity contribution is 0.0216. The number of piperidine rings is 1. The van der Waals surface area contributed by atoms with Crippen molar-refractivity contribution >= 4 is 44.9 Å². The van der Waals surface area contributed by atoms with Crippen molar-refractivity contribution in [3.8, 4) is 0 Å². The Hall–Kier alpha value is -1.40. The van der Waals surface area contributed by atoms with Crippen LogP contribution in [0.4, 0.5) is 5.82 Å². The minimum absolute atomic E-state index is 0.0490. The molecule has 1 unspecified atom stereocenters. The van der Waals surface area contributed by atoms with Crippen LogP contribution in [0.25, 0.3) is 10.2 Å². The van der Waals surface area contributed by atoms with E-state index in [9.17, 15) is 4.79 Å². The second-order valence-electron chi connectivity index (χ2n) is 7.91. The lowest BCUT2D eigenvalue weighted by Crippen LogP contribution is -2.35. The van der Waals surface area contributed by atoms with E-state index in [4.69, 9.17) is 16.3 Å². The number of anilines is 1. The Balaban J connectivity index is 1.68. The zero-order chi connectivity index (χ0) is 19.0. The summed E-state index contributed by atoms with van der Waals surface area (Å²) in [6.45, 7) is 6.16. The van der Waals surface area contributed by atoms with Gasteiger partial charge in [0.2, 0.25) is 5.28 Å². The number of aryl methyl sites for hydroxylation is 1. The summed E-state index contributed by atoms with van der Waals surface area (Å²) in [7, 11) is 0. The van der Waals surface area contributed by atoms with Crippen LogP contribution in [0.5, 0.6) is 0 Å². The fourth-order valence-corrected chi connectivity index (χ4v) is 5.56. The fourth-order valence-electron chi connectivity index (χ4n) is 4.29. The molecule has 5 nitrogen and oxygen atoms in total. The monoisotopic (exact) mass is 407 g/mol. The highest BCUT2D eigenvalue weighted by molar-refractivity contribution is 7.20. The van der Waals surface area contributed by atoms with Gasteiger partial charge in [-0.3, -0.25) is 0 Å². The summed E-state index contributed by atoms with van der Waals surface area (Å²) >= 11 is 7.59. The van der Waals surface area contributed by atoms with Crippen molar-refractivity contribution in [2.24, 2.45) is 5.92 Å². The fraction of sp³-hybridized carbons (Fsp3) is 0.650. The van der Waals surface area contributed by atoms with Gasteiger partial charge in [0.15, 0.2) is 0 Å². The van der Waals surface area contributed by atoms with Gasteiger partial charge in [0, 0.05) is 13.1 Å². The summed E-state index contributed by atoms with van der Waals surface area (Å²) in [4.78, 5) is 25.5. The van der Waals surface area contributed by atoms with Gasteiger partial charge in [0.25, 0.3) is 0 Å².